The van der Waals surface area contributed by atoms with E-state index in [0.29, 0.717) is 10.6 Å². The maximum Gasteiger partial charge on any atom is 0.519 e. The Labute approximate surface area is 285 Å². The molecule has 266 valence electrons. The molecular weight excluding hydrogens is 664 g/mol. The lowest BCUT2D eigenvalue weighted by Crippen LogP contribution is -2.60. The van der Waals surface area contributed by atoms with Crippen LogP contribution in [-0.4, -0.2) is 85.8 Å². The first kappa shape index (κ1) is 38.6. The van der Waals surface area contributed by atoms with E-state index in [1.54, 1.807) is 44.2 Å². The molecule has 0 fully saturated rings. The molecule has 3 amide bonds. The highest BCUT2D eigenvalue weighted by Gasteiger charge is 2.42. The van der Waals surface area contributed by atoms with Crippen molar-refractivity contribution < 1.29 is 51.8 Å². The Morgan fingerprint density at radius 3 is 2.06 bits per heavy atom. The predicted octanol–water partition coefficient (Wildman–Crippen LogP) is 2.00. The highest BCUT2D eigenvalue weighted by molar-refractivity contribution is 7.13. The number of aromatic nitrogens is 1. The third-order valence-corrected chi connectivity index (χ3v) is 8.25. The van der Waals surface area contributed by atoms with Crippen LogP contribution in [0, 0.1) is 13.8 Å². The average Bonchev–Trinajstić information content (AvgIpc) is 3.66. The first-order valence-corrected chi connectivity index (χ1v) is 16.0. The van der Waals surface area contributed by atoms with Crippen molar-refractivity contribution in [2.75, 3.05) is 27.4 Å². The number of benzene rings is 1. The van der Waals surface area contributed by atoms with Gasteiger partial charge in [-0.25, -0.2) is 14.6 Å². The summed E-state index contributed by atoms with van der Waals surface area (Å²) >= 11 is 1.14. The summed E-state index contributed by atoms with van der Waals surface area (Å²) in [5, 5.41) is 8.47. The van der Waals surface area contributed by atoms with E-state index in [-0.39, 0.29) is 42.5 Å². The number of ketones is 1. The van der Waals surface area contributed by atoms with E-state index in [0.717, 1.165) is 11.3 Å². The Kier molecular flexibility index (Phi) is 14.2. The normalized spacial score (nSPS) is 14.1. The molecule has 0 saturated heterocycles. The number of Topliss-reactive ketones (excluding diaryl/α,β-unsaturated/α-hetero) is 1. The van der Waals surface area contributed by atoms with Crippen molar-refractivity contribution in [1.82, 2.24) is 20.9 Å². The van der Waals surface area contributed by atoms with Crippen LogP contribution in [0.25, 0.3) is 0 Å². The molecule has 17 heteroatoms. The minimum Gasteiger partial charge on any atom is -0.426 e. The van der Waals surface area contributed by atoms with E-state index in [1.807, 2.05) is 0 Å². The molecule has 0 aliphatic heterocycles. The van der Waals surface area contributed by atoms with E-state index in [9.17, 15) is 28.8 Å². The van der Waals surface area contributed by atoms with E-state index < -0.39 is 65.8 Å². The number of thiazole rings is 1. The minimum absolute atomic E-state index is 0.00215. The van der Waals surface area contributed by atoms with Crippen molar-refractivity contribution >= 4 is 41.0 Å². The molecule has 4 atom stereocenters. The summed E-state index contributed by atoms with van der Waals surface area (Å²) in [4.78, 5) is 82.1. The Bertz CT molecular complexity index is 1650. The molecule has 0 radical (unpaired) electrons. The number of amides is 3. The lowest BCUT2D eigenvalue weighted by atomic mass is 9.88. The van der Waals surface area contributed by atoms with Crippen LogP contribution in [0.1, 0.15) is 52.0 Å². The number of ether oxygens (including phenoxy) is 4. The number of carbonyl (C=O) groups excluding carboxylic acids is 5. The highest BCUT2D eigenvalue weighted by Crippen LogP contribution is 2.22. The lowest BCUT2D eigenvalue weighted by Gasteiger charge is -2.31. The fourth-order valence-corrected chi connectivity index (χ4v) is 5.19. The SMILES string of the molecule is CC[C@@](C)(OC(=O)OCc1oc(=O)oc1C)C(=O)[C@H](Cc1ccccc1)NC(=O)[C@H](COC)NC(=O)[C@H](COC)NC(=O)c1cnc(C)s1. The van der Waals surface area contributed by atoms with Crippen LogP contribution in [0.5, 0.6) is 0 Å². The first-order chi connectivity index (χ1) is 23.3. The number of nitrogens with zero attached hydrogens (tertiary/aromatic N) is 1. The quantitative estimate of drug-likeness (QED) is 0.162. The highest BCUT2D eigenvalue weighted by atomic mass is 32.1. The summed E-state index contributed by atoms with van der Waals surface area (Å²) in [6, 6.07) is 5.06. The van der Waals surface area contributed by atoms with Crippen molar-refractivity contribution in [2.45, 2.75) is 70.9 Å². The summed E-state index contributed by atoms with van der Waals surface area (Å²) < 4.78 is 30.4. The minimum atomic E-state index is -1.78. The summed E-state index contributed by atoms with van der Waals surface area (Å²) in [6.07, 6.45) is 0.158. The fraction of sp³-hybridized carbons (Fsp3) is 0.469. The van der Waals surface area contributed by atoms with Crippen molar-refractivity contribution in [1.29, 1.82) is 0 Å². The molecule has 2 heterocycles. The number of methoxy groups -OCH3 is 2. The molecule has 0 saturated carbocycles. The number of aryl methyl sites for hydroxylation is 2. The van der Waals surface area contributed by atoms with Crippen molar-refractivity contribution in [3.63, 3.8) is 0 Å². The summed E-state index contributed by atoms with van der Waals surface area (Å²) in [5.41, 5.74) is -1.10. The van der Waals surface area contributed by atoms with Gasteiger partial charge in [-0.2, -0.15) is 0 Å². The Morgan fingerprint density at radius 2 is 1.53 bits per heavy atom. The molecule has 0 bridgehead atoms. The molecule has 0 aliphatic rings. The van der Waals surface area contributed by atoms with Gasteiger partial charge in [0.1, 0.15) is 17.0 Å². The second-order valence-electron chi connectivity index (χ2n) is 11.0. The summed E-state index contributed by atoms with van der Waals surface area (Å²) in [7, 11) is 2.67. The zero-order chi connectivity index (χ0) is 36.1. The zero-order valence-electron chi connectivity index (χ0n) is 28.0. The molecule has 0 aliphatic carbocycles. The van der Waals surface area contributed by atoms with E-state index >= 15 is 0 Å². The maximum absolute atomic E-state index is 14.0. The van der Waals surface area contributed by atoms with Crippen LogP contribution in [-0.2, 0) is 46.4 Å². The number of hydrogen-bond donors (Lipinski definition) is 3. The number of rotatable bonds is 18. The maximum atomic E-state index is 14.0. The molecule has 3 N–H and O–H groups in total. The predicted molar refractivity (Wildman–Crippen MR) is 173 cm³/mol. The topological polar surface area (TPSA) is 215 Å². The Morgan fingerprint density at radius 1 is 0.918 bits per heavy atom. The van der Waals surface area contributed by atoms with Crippen LogP contribution < -0.4 is 21.8 Å². The molecular formula is C32H40N4O12S. The van der Waals surface area contributed by atoms with E-state index in [4.69, 9.17) is 27.8 Å². The average molecular weight is 705 g/mol. The number of nitrogens with one attached hydrogen (secondary N) is 3. The van der Waals surface area contributed by atoms with Gasteiger partial charge in [0, 0.05) is 14.2 Å². The van der Waals surface area contributed by atoms with Gasteiger partial charge in [-0.3, -0.25) is 19.2 Å². The second kappa shape index (κ2) is 18.0. The molecule has 0 unspecified atom stereocenters. The molecule has 49 heavy (non-hydrogen) atoms. The van der Waals surface area contributed by atoms with Gasteiger partial charge in [0.05, 0.1) is 30.5 Å². The Balaban J connectivity index is 1.78. The van der Waals surface area contributed by atoms with Crippen LogP contribution in [0.3, 0.4) is 0 Å². The van der Waals surface area contributed by atoms with Gasteiger partial charge in [0.25, 0.3) is 5.91 Å². The molecule has 1 aromatic carbocycles. The van der Waals surface area contributed by atoms with Crippen LogP contribution >= 0.6 is 11.3 Å². The van der Waals surface area contributed by atoms with Gasteiger partial charge in [0.2, 0.25) is 11.8 Å². The van der Waals surface area contributed by atoms with Gasteiger partial charge in [-0.1, -0.05) is 37.3 Å². The second-order valence-corrected chi connectivity index (χ2v) is 12.2. The van der Waals surface area contributed by atoms with Gasteiger partial charge < -0.3 is 43.7 Å². The Hall–Kier alpha value is -4.87. The molecule has 3 rings (SSSR count). The molecule has 16 nitrogen and oxygen atoms in total. The van der Waals surface area contributed by atoms with E-state index in [2.05, 4.69) is 20.9 Å². The smallest absolute Gasteiger partial charge is 0.426 e. The van der Waals surface area contributed by atoms with Crippen molar-refractivity contribution in [3.8, 4) is 0 Å². The van der Waals surface area contributed by atoms with Gasteiger partial charge >= 0.3 is 12.0 Å². The number of hydrogen-bond acceptors (Lipinski definition) is 14. The third-order valence-electron chi connectivity index (χ3n) is 7.34. The van der Waals surface area contributed by atoms with Gasteiger partial charge in [0.15, 0.2) is 29.5 Å². The first-order valence-electron chi connectivity index (χ1n) is 15.2. The molecule has 2 aromatic heterocycles. The van der Waals surface area contributed by atoms with Crippen LogP contribution in [0.4, 0.5) is 4.79 Å². The zero-order valence-corrected chi connectivity index (χ0v) is 28.8. The fourth-order valence-electron chi connectivity index (χ4n) is 4.51. The van der Waals surface area contributed by atoms with Crippen molar-refractivity contribution in [3.05, 3.63) is 74.1 Å². The van der Waals surface area contributed by atoms with Crippen LogP contribution in [0.15, 0.2) is 50.2 Å². The summed E-state index contributed by atoms with van der Waals surface area (Å²) in [6.45, 7) is 5.18. The largest absolute Gasteiger partial charge is 0.519 e. The van der Waals surface area contributed by atoms with E-state index in [1.165, 1.54) is 34.3 Å². The van der Waals surface area contributed by atoms with Crippen LogP contribution in [0.2, 0.25) is 0 Å². The number of carbonyl (C=O) groups is 5. The molecule has 0 spiro atoms. The lowest BCUT2D eigenvalue weighted by molar-refractivity contribution is -0.144. The van der Waals surface area contributed by atoms with Gasteiger partial charge in [-0.15, -0.1) is 11.3 Å². The van der Waals surface area contributed by atoms with Crippen molar-refractivity contribution in [2.24, 2.45) is 0 Å². The summed E-state index contributed by atoms with van der Waals surface area (Å²) in [5.74, 6) is -3.62. The van der Waals surface area contributed by atoms with Gasteiger partial charge in [-0.05, 0) is 39.2 Å². The third kappa shape index (κ3) is 11.1. The monoisotopic (exact) mass is 704 g/mol. The standard InChI is InChI=1S/C32H40N4O12S/c1-7-32(4,48-30(41)45-17-24-18(2)46-31(42)47-24)26(37)21(13-20-11-9-8-10-12-20)34-27(38)22(15-43-5)35-28(39)23(16-44-6)36-29(40)25-14-33-19(3)49-25/h8-12,14,21-23H,7,13,15-17H2,1-6H3,(H,34,38)(H,35,39)(H,36,40)/t21-,22-,23-,32+/m0/s1. The molecule has 3 aromatic rings.